The van der Waals surface area contributed by atoms with Crippen molar-refractivity contribution in [3.05, 3.63) is 68.7 Å². The fourth-order valence-electron chi connectivity index (χ4n) is 2.16. The summed E-state index contributed by atoms with van der Waals surface area (Å²) in [5.74, 6) is -0.229. The van der Waals surface area contributed by atoms with E-state index in [1.165, 1.54) is 0 Å². The van der Waals surface area contributed by atoms with Crippen molar-refractivity contribution in [3.63, 3.8) is 0 Å². The van der Waals surface area contributed by atoms with E-state index in [-0.39, 0.29) is 17.6 Å². The number of halogens is 2. The minimum atomic E-state index is -0.645. The molecule has 8 nitrogen and oxygen atoms in total. The van der Waals surface area contributed by atoms with Gasteiger partial charge in [-0.1, -0.05) is 29.3 Å². The molecule has 1 heterocycles. The maximum absolute atomic E-state index is 11.4. The van der Waals surface area contributed by atoms with Gasteiger partial charge in [0.15, 0.2) is 0 Å². The van der Waals surface area contributed by atoms with Gasteiger partial charge in [-0.2, -0.15) is 9.97 Å². The molecule has 26 heavy (non-hydrogen) atoms. The van der Waals surface area contributed by atoms with Crippen molar-refractivity contribution in [1.82, 2.24) is 9.97 Å². The summed E-state index contributed by atoms with van der Waals surface area (Å²) in [6, 6.07) is 13.5. The van der Waals surface area contributed by atoms with Crippen molar-refractivity contribution >= 4 is 57.8 Å². The summed E-state index contributed by atoms with van der Waals surface area (Å²) in [5, 5.41) is 18.2. The van der Waals surface area contributed by atoms with E-state index < -0.39 is 10.6 Å². The molecular formula is C16H12Cl2N6O2. The molecule has 1 aromatic heterocycles. The first-order chi connectivity index (χ1) is 12.4. The molecule has 0 aliphatic carbocycles. The summed E-state index contributed by atoms with van der Waals surface area (Å²) in [6.07, 6.45) is 0. The normalized spacial score (nSPS) is 10.4. The molecule has 0 atom stereocenters. The van der Waals surface area contributed by atoms with Gasteiger partial charge >= 0.3 is 5.69 Å². The molecule has 0 radical (unpaired) electrons. The van der Waals surface area contributed by atoms with Gasteiger partial charge < -0.3 is 16.4 Å². The molecule has 132 valence electrons. The Morgan fingerprint density at radius 2 is 1.69 bits per heavy atom. The van der Waals surface area contributed by atoms with Crippen LogP contribution in [0.3, 0.4) is 0 Å². The maximum Gasteiger partial charge on any atom is 0.353 e. The molecule has 10 heteroatoms. The zero-order valence-corrected chi connectivity index (χ0v) is 14.6. The van der Waals surface area contributed by atoms with Crippen LogP contribution in [0, 0.1) is 10.1 Å². The molecule has 0 saturated carbocycles. The van der Waals surface area contributed by atoms with Crippen LogP contribution in [-0.4, -0.2) is 14.9 Å². The van der Waals surface area contributed by atoms with Crippen LogP contribution in [0.15, 0.2) is 48.5 Å². The summed E-state index contributed by atoms with van der Waals surface area (Å²) in [7, 11) is 0. The first-order valence-corrected chi connectivity index (χ1v) is 8.05. The Kier molecular flexibility index (Phi) is 5.06. The van der Waals surface area contributed by atoms with Crippen LogP contribution in [0.4, 0.5) is 34.6 Å². The topological polar surface area (TPSA) is 119 Å². The molecule has 0 amide bonds. The lowest BCUT2D eigenvalue weighted by atomic mass is 10.3. The number of aromatic nitrogens is 2. The van der Waals surface area contributed by atoms with E-state index in [1.807, 2.05) is 0 Å². The number of rotatable bonds is 5. The average molecular weight is 391 g/mol. The van der Waals surface area contributed by atoms with E-state index in [0.29, 0.717) is 21.4 Å². The highest BCUT2D eigenvalue weighted by molar-refractivity contribution is 6.31. The van der Waals surface area contributed by atoms with E-state index in [1.54, 1.807) is 48.5 Å². The van der Waals surface area contributed by atoms with Crippen molar-refractivity contribution in [3.8, 4) is 0 Å². The van der Waals surface area contributed by atoms with E-state index in [9.17, 15) is 10.1 Å². The molecule has 0 fully saturated rings. The van der Waals surface area contributed by atoms with Gasteiger partial charge in [0.25, 0.3) is 0 Å². The summed E-state index contributed by atoms with van der Waals surface area (Å²) in [4.78, 5) is 18.8. The van der Waals surface area contributed by atoms with Crippen molar-refractivity contribution in [2.24, 2.45) is 0 Å². The predicted octanol–water partition coefficient (Wildman–Crippen LogP) is 4.76. The quantitative estimate of drug-likeness (QED) is 0.424. The Hall–Kier alpha value is -3.10. The summed E-state index contributed by atoms with van der Waals surface area (Å²) in [5.41, 5.74) is 6.51. The van der Waals surface area contributed by atoms with Crippen molar-refractivity contribution in [1.29, 1.82) is 0 Å². The lowest BCUT2D eigenvalue weighted by Gasteiger charge is -2.11. The maximum atomic E-state index is 11.4. The Morgan fingerprint density at radius 3 is 2.35 bits per heavy atom. The van der Waals surface area contributed by atoms with Gasteiger partial charge in [-0.3, -0.25) is 10.1 Å². The van der Waals surface area contributed by atoms with Crippen molar-refractivity contribution < 1.29 is 4.92 Å². The molecular weight excluding hydrogens is 379 g/mol. The van der Waals surface area contributed by atoms with Gasteiger partial charge in [-0.05, 0) is 42.5 Å². The summed E-state index contributed by atoms with van der Waals surface area (Å²) < 4.78 is 0. The van der Waals surface area contributed by atoms with Gasteiger partial charge in [0.2, 0.25) is 17.6 Å². The van der Waals surface area contributed by atoms with E-state index >= 15 is 0 Å². The number of nitrogens with two attached hydrogens (primary N) is 1. The van der Waals surface area contributed by atoms with Gasteiger partial charge in [-0.15, -0.1) is 0 Å². The molecule has 3 rings (SSSR count). The Balaban J connectivity index is 1.98. The minimum Gasteiger partial charge on any atom is -0.378 e. The Morgan fingerprint density at radius 1 is 0.962 bits per heavy atom. The van der Waals surface area contributed by atoms with Crippen molar-refractivity contribution in [2.45, 2.75) is 0 Å². The third-order valence-corrected chi connectivity index (χ3v) is 3.77. The number of hydrogen-bond donors (Lipinski definition) is 3. The fourth-order valence-corrected chi connectivity index (χ4v) is 2.48. The van der Waals surface area contributed by atoms with Crippen LogP contribution < -0.4 is 16.4 Å². The van der Waals surface area contributed by atoms with E-state index in [0.717, 1.165) is 0 Å². The first-order valence-electron chi connectivity index (χ1n) is 7.29. The number of hydrogen-bond acceptors (Lipinski definition) is 7. The van der Waals surface area contributed by atoms with Gasteiger partial charge in [0, 0.05) is 21.4 Å². The number of anilines is 5. The Bertz CT molecular complexity index is 965. The highest BCUT2D eigenvalue weighted by atomic mass is 35.5. The van der Waals surface area contributed by atoms with Crippen molar-refractivity contribution in [2.75, 3.05) is 16.4 Å². The second-order valence-electron chi connectivity index (χ2n) is 5.15. The van der Waals surface area contributed by atoms with Gasteiger partial charge in [-0.25, -0.2) is 0 Å². The lowest BCUT2D eigenvalue weighted by molar-refractivity contribution is -0.383. The number of nitro groups is 1. The van der Waals surface area contributed by atoms with Gasteiger partial charge in [0.05, 0.1) is 4.92 Å². The van der Waals surface area contributed by atoms with Crippen LogP contribution in [0.5, 0.6) is 0 Å². The van der Waals surface area contributed by atoms with Crippen LogP contribution in [0.2, 0.25) is 10.0 Å². The number of nitrogens with one attached hydrogen (secondary N) is 2. The van der Waals surface area contributed by atoms with E-state index in [4.69, 9.17) is 28.9 Å². The highest BCUT2D eigenvalue weighted by Gasteiger charge is 2.23. The smallest absolute Gasteiger partial charge is 0.353 e. The first kappa shape index (κ1) is 17.7. The third-order valence-electron chi connectivity index (χ3n) is 3.28. The number of nitrogens with zero attached hydrogens (tertiary/aromatic N) is 3. The summed E-state index contributed by atoms with van der Waals surface area (Å²) in [6.45, 7) is 0. The fraction of sp³-hybridized carbons (Fsp3) is 0. The zero-order valence-electron chi connectivity index (χ0n) is 13.1. The van der Waals surface area contributed by atoms with Crippen LogP contribution in [-0.2, 0) is 0 Å². The predicted molar refractivity (Wildman–Crippen MR) is 103 cm³/mol. The molecule has 0 aliphatic heterocycles. The highest BCUT2D eigenvalue weighted by Crippen LogP contribution is 2.32. The standard InChI is InChI=1S/C16H12Cl2N6O2/c17-9-4-6-11(7-5-9)21-16-22-14(19)13(24(25)26)15(23-16)20-12-3-1-2-10(18)8-12/h1-8H,(H4,19,20,21,22,23). The van der Waals surface area contributed by atoms with Crippen LogP contribution >= 0.6 is 23.2 Å². The molecule has 3 aromatic rings. The second-order valence-corrected chi connectivity index (χ2v) is 6.03. The number of benzene rings is 2. The molecule has 0 saturated heterocycles. The zero-order chi connectivity index (χ0) is 18.7. The SMILES string of the molecule is Nc1nc(Nc2ccc(Cl)cc2)nc(Nc2cccc(Cl)c2)c1[N+](=O)[O-]. The lowest BCUT2D eigenvalue weighted by Crippen LogP contribution is -2.08. The monoisotopic (exact) mass is 390 g/mol. The van der Waals surface area contributed by atoms with Crippen LogP contribution in [0.1, 0.15) is 0 Å². The molecule has 0 aliphatic rings. The molecule has 0 unspecified atom stereocenters. The third kappa shape index (κ3) is 4.11. The minimum absolute atomic E-state index is 0.0544. The molecule has 0 bridgehead atoms. The summed E-state index contributed by atoms with van der Waals surface area (Å²) >= 11 is 11.8. The van der Waals surface area contributed by atoms with E-state index in [2.05, 4.69) is 20.6 Å². The Labute approximate surface area is 158 Å². The molecule has 2 aromatic carbocycles. The van der Waals surface area contributed by atoms with Gasteiger partial charge in [0.1, 0.15) is 0 Å². The van der Waals surface area contributed by atoms with Crippen LogP contribution in [0.25, 0.3) is 0 Å². The number of nitrogen functional groups attached to an aromatic ring is 1. The second kappa shape index (κ2) is 7.42. The molecule has 4 N–H and O–H groups in total. The largest absolute Gasteiger partial charge is 0.378 e. The average Bonchev–Trinajstić information content (AvgIpc) is 2.56. The molecule has 0 spiro atoms.